The van der Waals surface area contributed by atoms with Crippen molar-refractivity contribution in [1.29, 1.82) is 0 Å². The van der Waals surface area contributed by atoms with Gasteiger partial charge in [-0.05, 0) is 48.0 Å². The molecule has 1 aromatic carbocycles. The largest absolute Gasteiger partial charge is 0.352 e. The van der Waals surface area contributed by atoms with Crippen molar-refractivity contribution in [3.8, 4) is 0 Å². The number of hydrogen-bond donors (Lipinski definition) is 0. The van der Waals surface area contributed by atoms with Gasteiger partial charge in [0.2, 0.25) is 0 Å². The third-order valence-electron chi connectivity index (χ3n) is 2.29. The highest BCUT2D eigenvalue weighted by atomic mass is 79.9. The third-order valence-corrected chi connectivity index (χ3v) is 2.94. The Balaban J connectivity index is 2.73. The summed E-state index contributed by atoms with van der Waals surface area (Å²) in [5, 5.41) is 0. The number of ketones is 1. The van der Waals surface area contributed by atoms with Gasteiger partial charge in [-0.1, -0.05) is 0 Å². The predicted octanol–water partition coefficient (Wildman–Crippen LogP) is 3.56. The van der Waals surface area contributed by atoms with Crippen LogP contribution in [0, 0.1) is 5.82 Å². The van der Waals surface area contributed by atoms with Crippen LogP contribution in [0.3, 0.4) is 0 Å². The summed E-state index contributed by atoms with van der Waals surface area (Å²) >= 11 is 3.17. The zero-order valence-electron chi connectivity index (χ0n) is 10.4. The highest BCUT2D eigenvalue weighted by Gasteiger charge is 2.17. The van der Waals surface area contributed by atoms with Gasteiger partial charge in [-0.25, -0.2) is 4.39 Å². The topological polar surface area (TPSA) is 35.5 Å². The number of rotatable bonds is 7. The Bertz CT molecular complexity index is 403. The molecule has 0 radical (unpaired) electrons. The van der Waals surface area contributed by atoms with E-state index in [1.165, 1.54) is 18.2 Å². The second-order valence-corrected chi connectivity index (χ2v) is 4.45. The molecular formula is C13H16BrFO3. The third kappa shape index (κ3) is 4.48. The number of hydrogen-bond acceptors (Lipinski definition) is 3. The first-order valence-corrected chi connectivity index (χ1v) is 6.59. The van der Waals surface area contributed by atoms with Gasteiger partial charge in [0.05, 0.1) is 6.42 Å². The van der Waals surface area contributed by atoms with Gasteiger partial charge in [-0.3, -0.25) is 4.79 Å². The number of halogens is 2. The quantitative estimate of drug-likeness (QED) is 0.569. The van der Waals surface area contributed by atoms with E-state index in [0.29, 0.717) is 23.2 Å². The van der Waals surface area contributed by atoms with Gasteiger partial charge in [0, 0.05) is 23.2 Å². The Labute approximate surface area is 114 Å². The average Bonchev–Trinajstić information content (AvgIpc) is 2.29. The minimum absolute atomic E-state index is 0.117. The normalized spacial score (nSPS) is 10.9. The molecule has 0 aliphatic rings. The molecule has 5 heteroatoms. The highest BCUT2D eigenvalue weighted by Crippen LogP contribution is 2.20. The molecular weight excluding hydrogens is 303 g/mol. The van der Waals surface area contributed by atoms with E-state index in [0.717, 1.165) is 0 Å². The van der Waals surface area contributed by atoms with Gasteiger partial charge in [0.25, 0.3) is 0 Å². The number of Topliss-reactive ketones (excluding diaryl/α,β-unsaturated/α-hetero) is 1. The summed E-state index contributed by atoms with van der Waals surface area (Å²) in [6.45, 7) is 4.62. The van der Waals surface area contributed by atoms with Crippen LogP contribution in [-0.4, -0.2) is 25.3 Å². The van der Waals surface area contributed by atoms with Crippen molar-refractivity contribution in [2.45, 2.75) is 26.6 Å². The first-order chi connectivity index (χ1) is 8.58. The maximum Gasteiger partial charge on any atom is 0.169 e. The molecule has 1 rings (SSSR count). The summed E-state index contributed by atoms with van der Waals surface area (Å²) in [5.74, 6) is -0.529. The fourth-order valence-electron chi connectivity index (χ4n) is 1.51. The Morgan fingerprint density at radius 3 is 2.44 bits per heavy atom. The fraction of sp³-hybridized carbons (Fsp3) is 0.462. The van der Waals surface area contributed by atoms with Crippen LogP contribution in [0.1, 0.15) is 30.6 Å². The van der Waals surface area contributed by atoms with Crippen LogP contribution >= 0.6 is 15.9 Å². The predicted molar refractivity (Wildman–Crippen MR) is 70.1 cm³/mol. The van der Waals surface area contributed by atoms with Crippen molar-refractivity contribution in [1.82, 2.24) is 0 Å². The van der Waals surface area contributed by atoms with Crippen molar-refractivity contribution >= 4 is 21.7 Å². The zero-order chi connectivity index (χ0) is 13.5. The number of ether oxygens (including phenoxy) is 2. The lowest BCUT2D eigenvalue weighted by Gasteiger charge is -2.16. The lowest BCUT2D eigenvalue weighted by molar-refractivity contribution is -0.133. The molecule has 100 valence electrons. The van der Waals surface area contributed by atoms with Crippen molar-refractivity contribution < 1.29 is 18.7 Å². The molecule has 1 aromatic rings. The monoisotopic (exact) mass is 318 g/mol. The molecule has 0 fully saturated rings. The molecule has 0 saturated heterocycles. The van der Waals surface area contributed by atoms with E-state index in [1.807, 2.05) is 13.8 Å². The smallest absolute Gasteiger partial charge is 0.169 e. The molecule has 0 atom stereocenters. The lowest BCUT2D eigenvalue weighted by atomic mass is 10.1. The van der Waals surface area contributed by atoms with E-state index in [4.69, 9.17) is 9.47 Å². The van der Waals surface area contributed by atoms with Crippen molar-refractivity contribution in [3.05, 3.63) is 34.1 Å². The summed E-state index contributed by atoms with van der Waals surface area (Å²) in [6.07, 6.45) is -0.434. The molecule has 0 bridgehead atoms. The first-order valence-electron chi connectivity index (χ1n) is 5.79. The Hall–Kier alpha value is -0.780. The Morgan fingerprint density at radius 1 is 1.33 bits per heavy atom. The molecule has 0 unspecified atom stereocenters. The van der Waals surface area contributed by atoms with Crippen molar-refractivity contribution in [2.24, 2.45) is 0 Å². The van der Waals surface area contributed by atoms with Crippen LogP contribution in [0.4, 0.5) is 4.39 Å². The molecule has 0 aliphatic heterocycles. The minimum Gasteiger partial charge on any atom is -0.352 e. The van der Waals surface area contributed by atoms with E-state index in [9.17, 15) is 9.18 Å². The molecule has 0 amide bonds. The van der Waals surface area contributed by atoms with Crippen LogP contribution in [0.25, 0.3) is 0 Å². The minimum atomic E-state index is -0.551. The molecule has 3 nitrogen and oxygen atoms in total. The van der Waals surface area contributed by atoms with Gasteiger partial charge in [-0.15, -0.1) is 0 Å². The van der Waals surface area contributed by atoms with Crippen molar-refractivity contribution in [3.63, 3.8) is 0 Å². The maximum absolute atomic E-state index is 12.9. The van der Waals surface area contributed by atoms with Gasteiger partial charge in [0.1, 0.15) is 5.82 Å². The first kappa shape index (κ1) is 15.3. The standard InChI is InChI=1S/C13H16BrFO3/c1-3-17-13(18-4-2)8-12(16)10-6-5-9(15)7-11(10)14/h5-7,13H,3-4,8H2,1-2H3. The van der Waals surface area contributed by atoms with E-state index in [1.54, 1.807) is 0 Å². The lowest BCUT2D eigenvalue weighted by Crippen LogP contribution is -2.21. The van der Waals surface area contributed by atoms with Gasteiger partial charge in [0.15, 0.2) is 12.1 Å². The molecule has 0 spiro atoms. The second kappa shape index (κ2) is 7.61. The van der Waals surface area contributed by atoms with E-state index < -0.39 is 6.29 Å². The fourth-order valence-corrected chi connectivity index (χ4v) is 2.09. The van der Waals surface area contributed by atoms with E-state index in [-0.39, 0.29) is 18.0 Å². The molecule has 0 heterocycles. The summed E-state index contributed by atoms with van der Waals surface area (Å²) in [5.41, 5.74) is 0.431. The van der Waals surface area contributed by atoms with Gasteiger partial charge >= 0.3 is 0 Å². The van der Waals surface area contributed by atoms with Crippen LogP contribution < -0.4 is 0 Å². The van der Waals surface area contributed by atoms with Crippen LogP contribution in [-0.2, 0) is 9.47 Å². The molecule has 18 heavy (non-hydrogen) atoms. The summed E-state index contributed by atoms with van der Waals surface area (Å²) in [4.78, 5) is 12.0. The van der Waals surface area contributed by atoms with Gasteiger partial charge in [-0.2, -0.15) is 0 Å². The Kier molecular flexibility index (Phi) is 6.46. The van der Waals surface area contributed by atoms with E-state index in [2.05, 4.69) is 15.9 Å². The Morgan fingerprint density at radius 2 is 1.94 bits per heavy atom. The number of carbonyl (C=O) groups excluding carboxylic acids is 1. The van der Waals surface area contributed by atoms with E-state index >= 15 is 0 Å². The molecule has 0 saturated carbocycles. The maximum atomic E-state index is 12.9. The van der Waals surface area contributed by atoms with Crippen LogP contribution in [0.2, 0.25) is 0 Å². The second-order valence-electron chi connectivity index (χ2n) is 3.59. The number of carbonyl (C=O) groups is 1. The zero-order valence-corrected chi connectivity index (χ0v) is 12.0. The van der Waals surface area contributed by atoms with Gasteiger partial charge < -0.3 is 9.47 Å². The molecule has 0 N–H and O–H groups in total. The van der Waals surface area contributed by atoms with Crippen LogP contribution in [0.5, 0.6) is 0 Å². The molecule has 0 aromatic heterocycles. The summed E-state index contributed by atoms with van der Waals surface area (Å²) < 4.78 is 24.0. The average molecular weight is 319 g/mol. The summed E-state index contributed by atoms with van der Waals surface area (Å²) in [7, 11) is 0. The summed E-state index contributed by atoms with van der Waals surface area (Å²) in [6, 6.07) is 3.98. The SMILES string of the molecule is CCOC(CC(=O)c1ccc(F)cc1Br)OCC. The number of benzene rings is 1. The highest BCUT2D eigenvalue weighted by molar-refractivity contribution is 9.10. The van der Waals surface area contributed by atoms with Crippen molar-refractivity contribution in [2.75, 3.05) is 13.2 Å². The molecule has 0 aliphatic carbocycles. The van der Waals surface area contributed by atoms with Crippen LogP contribution in [0.15, 0.2) is 22.7 Å².